The molecule has 2 rings (SSSR count). The summed E-state index contributed by atoms with van der Waals surface area (Å²) in [4.78, 5) is 14.2. The van der Waals surface area contributed by atoms with E-state index in [2.05, 4.69) is 37.4 Å². The van der Waals surface area contributed by atoms with E-state index in [4.69, 9.17) is 9.47 Å². The maximum Gasteiger partial charge on any atom is 0.317 e. The summed E-state index contributed by atoms with van der Waals surface area (Å²) >= 11 is 0. The molecule has 0 saturated carbocycles. The Bertz CT molecular complexity index is 531. The number of aryl methyl sites for hydroxylation is 2. The van der Waals surface area contributed by atoms with Gasteiger partial charge in [-0.05, 0) is 38.3 Å². The molecule has 1 aromatic carbocycles. The van der Waals surface area contributed by atoms with Crippen LogP contribution in [0.3, 0.4) is 0 Å². The highest BCUT2D eigenvalue weighted by Crippen LogP contribution is 2.13. The summed E-state index contributed by atoms with van der Waals surface area (Å²) in [6, 6.07) is 6.52. The molecule has 1 saturated heterocycles. The van der Waals surface area contributed by atoms with Crippen molar-refractivity contribution >= 4 is 6.03 Å². The fourth-order valence-corrected chi connectivity index (χ4v) is 2.95. The van der Waals surface area contributed by atoms with Gasteiger partial charge < -0.3 is 19.7 Å². The Balaban J connectivity index is 1.86. The number of carbonyl (C=O) groups excluding carboxylic acids is 1. The number of hydrogen-bond donors (Lipinski definition) is 1. The fourth-order valence-electron chi connectivity index (χ4n) is 2.95. The van der Waals surface area contributed by atoms with Crippen LogP contribution in [0.2, 0.25) is 0 Å². The van der Waals surface area contributed by atoms with Crippen molar-refractivity contribution in [1.29, 1.82) is 0 Å². The van der Waals surface area contributed by atoms with Crippen LogP contribution in [0.15, 0.2) is 18.2 Å². The quantitative estimate of drug-likeness (QED) is 0.905. The second-order valence-electron chi connectivity index (χ2n) is 6.38. The predicted octanol–water partition coefficient (Wildman–Crippen LogP) is 2.29. The molecule has 0 radical (unpaired) electrons. The Morgan fingerprint density at radius 1 is 1.48 bits per heavy atom. The molecule has 0 bridgehead atoms. The molecule has 0 spiro atoms. The standard InChI is InChI=1S/C18H28N2O3/c1-13-5-6-16(14(2)9-13)10-15(3)19-18(21)20-7-8-23-17(11-20)12-22-4/h5-6,9,15,17H,7-8,10-12H2,1-4H3,(H,19,21)/t15-,17-/m1/s1. The van der Waals surface area contributed by atoms with Crippen molar-refractivity contribution in [2.75, 3.05) is 33.4 Å². The van der Waals surface area contributed by atoms with E-state index in [9.17, 15) is 4.79 Å². The topological polar surface area (TPSA) is 50.8 Å². The molecule has 1 aliphatic heterocycles. The lowest BCUT2D eigenvalue weighted by Gasteiger charge is -2.33. The normalized spacial score (nSPS) is 19.5. The van der Waals surface area contributed by atoms with E-state index in [0.717, 1.165) is 6.42 Å². The van der Waals surface area contributed by atoms with Crippen molar-refractivity contribution < 1.29 is 14.3 Å². The van der Waals surface area contributed by atoms with Gasteiger partial charge in [0.25, 0.3) is 0 Å². The third-order valence-corrected chi connectivity index (χ3v) is 4.17. The number of nitrogens with zero attached hydrogens (tertiary/aromatic N) is 1. The second-order valence-corrected chi connectivity index (χ2v) is 6.38. The van der Waals surface area contributed by atoms with Crippen molar-refractivity contribution in [2.45, 2.75) is 39.3 Å². The summed E-state index contributed by atoms with van der Waals surface area (Å²) in [7, 11) is 1.65. The number of urea groups is 1. The first-order chi connectivity index (χ1) is 11.0. The van der Waals surface area contributed by atoms with E-state index >= 15 is 0 Å². The first-order valence-electron chi connectivity index (χ1n) is 8.21. The molecule has 1 heterocycles. The molecule has 0 unspecified atom stereocenters. The smallest absolute Gasteiger partial charge is 0.317 e. The first-order valence-corrected chi connectivity index (χ1v) is 8.21. The SMILES string of the molecule is COC[C@H]1CN(C(=O)N[C@H](C)Cc2ccc(C)cc2C)CCO1. The molecule has 1 aromatic rings. The molecule has 0 aliphatic carbocycles. The zero-order valence-corrected chi connectivity index (χ0v) is 14.6. The predicted molar refractivity (Wildman–Crippen MR) is 90.8 cm³/mol. The van der Waals surface area contributed by atoms with Crippen LogP contribution in [0.1, 0.15) is 23.6 Å². The van der Waals surface area contributed by atoms with Gasteiger partial charge in [0.05, 0.1) is 25.9 Å². The number of carbonyl (C=O) groups is 1. The molecule has 5 heteroatoms. The van der Waals surface area contributed by atoms with Gasteiger partial charge >= 0.3 is 6.03 Å². The van der Waals surface area contributed by atoms with Gasteiger partial charge in [0.15, 0.2) is 0 Å². The number of ether oxygens (including phenoxy) is 2. The van der Waals surface area contributed by atoms with Gasteiger partial charge in [-0.1, -0.05) is 23.8 Å². The zero-order valence-electron chi connectivity index (χ0n) is 14.6. The van der Waals surface area contributed by atoms with Crippen LogP contribution in [0, 0.1) is 13.8 Å². The molecular weight excluding hydrogens is 292 g/mol. The van der Waals surface area contributed by atoms with E-state index in [1.165, 1.54) is 16.7 Å². The number of rotatable bonds is 5. The van der Waals surface area contributed by atoms with Gasteiger partial charge in [-0.25, -0.2) is 4.79 Å². The fraction of sp³-hybridized carbons (Fsp3) is 0.611. The highest BCUT2D eigenvalue weighted by Gasteiger charge is 2.24. The van der Waals surface area contributed by atoms with Crippen LogP contribution < -0.4 is 5.32 Å². The number of hydrogen-bond acceptors (Lipinski definition) is 3. The molecule has 1 fully saturated rings. The molecule has 0 aromatic heterocycles. The molecular formula is C18H28N2O3. The zero-order chi connectivity index (χ0) is 16.8. The summed E-state index contributed by atoms with van der Waals surface area (Å²) in [5, 5.41) is 3.09. The molecule has 1 aliphatic rings. The average Bonchev–Trinajstić information content (AvgIpc) is 2.51. The first kappa shape index (κ1) is 17.8. The van der Waals surface area contributed by atoms with Crippen molar-refractivity contribution in [1.82, 2.24) is 10.2 Å². The molecule has 1 N–H and O–H groups in total. The average molecular weight is 320 g/mol. The lowest BCUT2D eigenvalue weighted by atomic mass is 10.00. The van der Waals surface area contributed by atoms with Crippen molar-refractivity contribution in [3.05, 3.63) is 34.9 Å². The maximum atomic E-state index is 12.4. The number of nitrogens with one attached hydrogen (secondary N) is 1. The minimum absolute atomic E-state index is 0.0216. The van der Waals surface area contributed by atoms with Crippen molar-refractivity contribution in [3.8, 4) is 0 Å². The van der Waals surface area contributed by atoms with Crippen LogP contribution in [-0.4, -0.2) is 56.5 Å². The van der Waals surface area contributed by atoms with Crippen LogP contribution in [0.25, 0.3) is 0 Å². The van der Waals surface area contributed by atoms with E-state index in [0.29, 0.717) is 26.3 Å². The molecule has 2 atom stereocenters. The Morgan fingerprint density at radius 2 is 2.26 bits per heavy atom. The maximum absolute atomic E-state index is 12.4. The van der Waals surface area contributed by atoms with E-state index in [1.54, 1.807) is 7.11 Å². The van der Waals surface area contributed by atoms with Crippen LogP contribution >= 0.6 is 0 Å². The number of methoxy groups -OCH3 is 1. The van der Waals surface area contributed by atoms with E-state index < -0.39 is 0 Å². The summed E-state index contributed by atoms with van der Waals surface area (Å²) < 4.78 is 10.7. The van der Waals surface area contributed by atoms with Crippen molar-refractivity contribution in [3.63, 3.8) is 0 Å². The van der Waals surface area contributed by atoms with Crippen LogP contribution in [0.4, 0.5) is 4.79 Å². The lowest BCUT2D eigenvalue weighted by Crippen LogP contribution is -2.52. The number of benzene rings is 1. The monoisotopic (exact) mass is 320 g/mol. The van der Waals surface area contributed by atoms with Crippen LogP contribution in [-0.2, 0) is 15.9 Å². The summed E-state index contributed by atoms with van der Waals surface area (Å²) in [6.07, 6.45) is 0.804. The Labute approximate surface area is 139 Å². The second kappa shape index (κ2) is 8.31. The van der Waals surface area contributed by atoms with E-state index in [-0.39, 0.29) is 18.2 Å². The van der Waals surface area contributed by atoms with E-state index in [1.807, 2.05) is 11.8 Å². The third kappa shape index (κ3) is 5.22. The largest absolute Gasteiger partial charge is 0.382 e. The molecule has 2 amide bonds. The molecule has 5 nitrogen and oxygen atoms in total. The minimum Gasteiger partial charge on any atom is -0.382 e. The van der Waals surface area contributed by atoms with Crippen molar-refractivity contribution in [2.24, 2.45) is 0 Å². The van der Waals surface area contributed by atoms with Gasteiger partial charge in [0, 0.05) is 19.7 Å². The van der Waals surface area contributed by atoms with Gasteiger partial charge in [-0.2, -0.15) is 0 Å². The highest BCUT2D eigenvalue weighted by atomic mass is 16.5. The Morgan fingerprint density at radius 3 is 2.96 bits per heavy atom. The summed E-state index contributed by atoms with van der Waals surface area (Å²) in [6.45, 7) is 8.54. The van der Waals surface area contributed by atoms with Gasteiger partial charge in [-0.3, -0.25) is 0 Å². The summed E-state index contributed by atoms with van der Waals surface area (Å²) in [5.41, 5.74) is 3.82. The lowest BCUT2D eigenvalue weighted by molar-refractivity contribution is -0.0496. The van der Waals surface area contributed by atoms with Gasteiger partial charge in [-0.15, -0.1) is 0 Å². The number of morpholine rings is 1. The van der Waals surface area contributed by atoms with Crippen LogP contribution in [0.5, 0.6) is 0 Å². The highest BCUT2D eigenvalue weighted by molar-refractivity contribution is 5.74. The van der Waals surface area contributed by atoms with Gasteiger partial charge in [0.2, 0.25) is 0 Å². The van der Waals surface area contributed by atoms with Gasteiger partial charge in [0.1, 0.15) is 0 Å². The molecule has 128 valence electrons. The molecule has 23 heavy (non-hydrogen) atoms. The Hall–Kier alpha value is -1.59. The Kier molecular flexibility index (Phi) is 6.42. The third-order valence-electron chi connectivity index (χ3n) is 4.17. The number of amides is 2. The summed E-state index contributed by atoms with van der Waals surface area (Å²) in [5.74, 6) is 0. The minimum atomic E-state index is -0.0332.